The van der Waals surface area contributed by atoms with E-state index in [1.54, 1.807) is 0 Å². The van der Waals surface area contributed by atoms with Gasteiger partial charge in [-0.3, -0.25) is 0 Å². The molecule has 6 heteroatoms. The predicted octanol–water partition coefficient (Wildman–Crippen LogP) is 2.09. The first-order chi connectivity index (χ1) is 8.01. The maximum absolute atomic E-state index is 11.9. The third-order valence-corrected chi connectivity index (χ3v) is 6.18. The molecule has 0 aromatic carbocycles. The molecule has 1 fully saturated rings. The largest absolute Gasteiger partial charge is 0.250 e. The summed E-state index contributed by atoms with van der Waals surface area (Å²) in [5.74, 6) is 0. The molecule has 0 radical (unpaired) electrons. The summed E-state index contributed by atoms with van der Waals surface area (Å²) < 4.78 is 26.7. The zero-order chi connectivity index (χ0) is 12.5. The molecule has 1 aliphatic rings. The van der Waals surface area contributed by atoms with Gasteiger partial charge in [-0.15, -0.1) is 11.3 Å². The smallest absolute Gasteiger partial charge is 0.210 e. The third kappa shape index (κ3) is 2.68. The average molecular weight is 270 g/mol. The van der Waals surface area contributed by atoms with Gasteiger partial charge in [-0.1, -0.05) is 6.92 Å². The van der Waals surface area contributed by atoms with Gasteiger partial charge in [-0.25, -0.2) is 13.1 Å². The maximum atomic E-state index is 11.9. The van der Waals surface area contributed by atoms with Crippen molar-refractivity contribution in [1.29, 1.82) is 5.26 Å². The summed E-state index contributed by atoms with van der Waals surface area (Å²) in [7, 11) is -3.44. The van der Waals surface area contributed by atoms with Gasteiger partial charge >= 0.3 is 0 Å². The van der Waals surface area contributed by atoms with Crippen LogP contribution in [0.5, 0.6) is 0 Å². The number of nitrogens with zero attached hydrogens (tertiary/aromatic N) is 1. The first kappa shape index (κ1) is 12.6. The van der Waals surface area contributed by atoms with Crippen molar-refractivity contribution < 1.29 is 8.42 Å². The fourth-order valence-electron chi connectivity index (χ4n) is 1.68. The van der Waals surface area contributed by atoms with Crippen LogP contribution in [0, 0.1) is 16.7 Å². The first-order valence-electron chi connectivity index (χ1n) is 5.51. The zero-order valence-corrected chi connectivity index (χ0v) is 11.2. The number of hydrogen-bond acceptors (Lipinski definition) is 4. The minimum atomic E-state index is -3.44. The van der Waals surface area contributed by atoms with Gasteiger partial charge in [-0.2, -0.15) is 5.26 Å². The fourth-order valence-corrected chi connectivity index (χ4v) is 3.98. The minimum absolute atomic E-state index is 0.183. The highest BCUT2D eigenvalue weighted by Gasteiger charge is 2.41. The Kier molecular flexibility index (Phi) is 3.25. The Morgan fingerprint density at radius 2 is 2.24 bits per heavy atom. The topological polar surface area (TPSA) is 70.0 Å². The molecule has 0 amide bonds. The van der Waals surface area contributed by atoms with Crippen LogP contribution < -0.4 is 4.72 Å². The summed E-state index contributed by atoms with van der Waals surface area (Å²) in [6.07, 6.45) is 3.20. The molecule has 0 bridgehead atoms. The molecule has 1 aromatic heterocycles. The molecule has 1 aromatic rings. The molecular formula is C11H14N2O2S2. The molecule has 0 aliphatic heterocycles. The summed E-state index contributed by atoms with van der Waals surface area (Å²) in [4.78, 5) is 0.419. The quantitative estimate of drug-likeness (QED) is 0.890. The van der Waals surface area contributed by atoms with Crippen LogP contribution >= 0.6 is 11.3 Å². The van der Waals surface area contributed by atoms with Gasteiger partial charge in [0.15, 0.2) is 0 Å². The van der Waals surface area contributed by atoms with Crippen molar-refractivity contribution in [2.24, 2.45) is 5.41 Å². The summed E-state index contributed by atoms with van der Waals surface area (Å²) >= 11 is 1.01. The number of sulfonamides is 1. The molecule has 1 saturated carbocycles. The van der Waals surface area contributed by atoms with Crippen LogP contribution in [0.1, 0.15) is 31.1 Å². The molecule has 2 rings (SSSR count). The monoisotopic (exact) mass is 270 g/mol. The van der Waals surface area contributed by atoms with Crippen LogP contribution in [0.25, 0.3) is 0 Å². The molecular weight excluding hydrogens is 256 g/mol. The lowest BCUT2D eigenvalue weighted by Crippen LogP contribution is -2.29. The van der Waals surface area contributed by atoms with Gasteiger partial charge < -0.3 is 0 Å². The number of nitrogens with one attached hydrogen (secondary N) is 1. The highest BCUT2D eigenvalue weighted by atomic mass is 32.2. The van der Waals surface area contributed by atoms with Crippen molar-refractivity contribution in [2.75, 3.05) is 6.54 Å². The Balaban J connectivity index is 2.06. The number of thiophene rings is 1. The van der Waals surface area contributed by atoms with Crippen molar-refractivity contribution in [1.82, 2.24) is 4.72 Å². The van der Waals surface area contributed by atoms with Crippen LogP contribution in [0.2, 0.25) is 0 Å². The van der Waals surface area contributed by atoms with Gasteiger partial charge in [0.05, 0.1) is 0 Å². The highest BCUT2D eigenvalue weighted by Crippen LogP contribution is 2.48. The SMILES string of the molecule is CCC1(CNS(=O)(=O)c2ccc(C#N)s2)CC1. The van der Waals surface area contributed by atoms with Gasteiger partial charge in [0.1, 0.15) is 15.2 Å². The molecule has 1 aliphatic carbocycles. The Morgan fingerprint density at radius 3 is 2.71 bits per heavy atom. The van der Waals surface area contributed by atoms with Crippen molar-refractivity contribution in [3.8, 4) is 6.07 Å². The summed E-state index contributed by atoms with van der Waals surface area (Å²) in [6, 6.07) is 4.96. The van der Waals surface area contributed by atoms with Crippen molar-refractivity contribution in [3.05, 3.63) is 17.0 Å². The Morgan fingerprint density at radius 1 is 1.53 bits per heavy atom. The average Bonchev–Trinajstić information content (AvgIpc) is 2.94. The Labute approximate surface area is 105 Å². The van der Waals surface area contributed by atoms with Crippen LogP contribution in [0.4, 0.5) is 0 Å². The minimum Gasteiger partial charge on any atom is -0.210 e. The second-order valence-corrected chi connectivity index (χ2v) is 7.49. The molecule has 92 valence electrons. The van der Waals surface area contributed by atoms with Gasteiger partial charge in [0.25, 0.3) is 0 Å². The standard InChI is InChI=1S/C11H14N2O2S2/c1-2-11(5-6-11)8-13-17(14,15)10-4-3-9(7-12)16-10/h3-4,13H,2,5-6,8H2,1H3. The van der Waals surface area contributed by atoms with E-state index in [2.05, 4.69) is 11.6 Å². The number of rotatable bonds is 5. The van der Waals surface area contributed by atoms with E-state index in [4.69, 9.17) is 5.26 Å². The second-order valence-electron chi connectivity index (χ2n) is 4.41. The van der Waals surface area contributed by atoms with Crippen LogP contribution in [0.15, 0.2) is 16.3 Å². The lowest BCUT2D eigenvalue weighted by molar-refractivity contribution is 0.476. The van der Waals surface area contributed by atoms with E-state index >= 15 is 0 Å². The normalized spacial score (nSPS) is 17.6. The van der Waals surface area contributed by atoms with E-state index < -0.39 is 10.0 Å². The molecule has 17 heavy (non-hydrogen) atoms. The van der Waals surface area contributed by atoms with Gasteiger partial charge in [-0.05, 0) is 36.8 Å². The summed E-state index contributed by atoms with van der Waals surface area (Å²) in [6.45, 7) is 2.59. The predicted molar refractivity (Wildman–Crippen MR) is 66.2 cm³/mol. The lowest BCUT2D eigenvalue weighted by atomic mass is 10.1. The molecule has 4 nitrogen and oxygen atoms in total. The van der Waals surface area contributed by atoms with Crippen LogP contribution in [-0.4, -0.2) is 15.0 Å². The lowest BCUT2D eigenvalue weighted by Gasteiger charge is -2.12. The van der Waals surface area contributed by atoms with Gasteiger partial charge in [0, 0.05) is 6.54 Å². The Hall–Kier alpha value is -0.900. The summed E-state index contributed by atoms with van der Waals surface area (Å²) in [5.41, 5.74) is 0.183. The van der Waals surface area contributed by atoms with Crippen LogP contribution in [-0.2, 0) is 10.0 Å². The second kappa shape index (κ2) is 4.41. The Bertz CT molecular complexity index is 550. The maximum Gasteiger partial charge on any atom is 0.250 e. The van der Waals surface area contributed by atoms with Crippen molar-refractivity contribution >= 4 is 21.4 Å². The zero-order valence-electron chi connectivity index (χ0n) is 9.56. The molecule has 1 heterocycles. The van der Waals surface area contributed by atoms with E-state index in [9.17, 15) is 8.42 Å². The number of hydrogen-bond donors (Lipinski definition) is 1. The summed E-state index contributed by atoms with van der Waals surface area (Å²) in [5, 5.41) is 8.67. The van der Waals surface area contributed by atoms with Crippen LogP contribution in [0.3, 0.4) is 0 Å². The molecule has 0 saturated heterocycles. The van der Waals surface area contributed by atoms with E-state index in [0.717, 1.165) is 30.6 Å². The van der Waals surface area contributed by atoms with E-state index in [1.807, 2.05) is 6.07 Å². The van der Waals surface area contributed by atoms with E-state index in [0.29, 0.717) is 11.4 Å². The molecule has 0 atom stereocenters. The van der Waals surface area contributed by atoms with Crippen molar-refractivity contribution in [3.63, 3.8) is 0 Å². The van der Waals surface area contributed by atoms with E-state index in [1.165, 1.54) is 12.1 Å². The number of nitriles is 1. The molecule has 1 N–H and O–H groups in total. The van der Waals surface area contributed by atoms with Gasteiger partial charge in [0.2, 0.25) is 10.0 Å². The molecule has 0 unspecified atom stereocenters. The molecule has 0 spiro atoms. The first-order valence-corrected chi connectivity index (χ1v) is 7.81. The van der Waals surface area contributed by atoms with E-state index in [-0.39, 0.29) is 9.62 Å². The third-order valence-electron chi connectivity index (χ3n) is 3.30. The van der Waals surface area contributed by atoms with Crippen molar-refractivity contribution in [2.45, 2.75) is 30.4 Å². The fraction of sp³-hybridized carbons (Fsp3) is 0.545. The highest BCUT2D eigenvalue weighted by molar-refractivity contribution is 7.91.